The van der Waals surface area contributed by atoms with Crippen LogP contribution in [0.5, 0.6) is 0 Å². The summed E-state index contributed by atoms with van der Waals surface area (Å²) in [6.07, 6.45) is 3.80. The number of ether oxygens (including phenoxy) is 1. The lowest BCUT2D eigenvalue weighted by molar-refractivity contribution is 0.0386. The molecule has 0 radical (unpaired) electrons. The monoisotopic (exact) mass is 473 g/mol. The van der Waals surface area contributed by atoms with Crippen molar-refractivity contribution in [1.29, 1.82) is 0 Å². The molecule has 0 bridgehead atoms. The maximum atomic E-state index is 14.5. The van der Waals surface area contributed by atoms with Gasteiger partial charge in [-0.05, 0) is 55.4 Å². The van der Waals surface area contributed by atoms with E-state index < -0.39 is 11.8 Å². The smallest absolute Gasteiger partial charge is 0.340 e. The topological polar surface area (TPSA) is 65.6 Å². The molecule has 0 saturated carbocycles. The molecule has 1 aromatic heterocycles. The first kappa shape index (κ1) is 23.1. The molecule has 10 heteroatoms. The minimum Gasteiger partial charge on any atom is -0.458 e. The van der Waals surface area contributed by atoms with Gasteiger partial charge in [0, 0.05) is 18.8 Å². The normalized spacial score (nSPS) is 15.1. The Morgan fingerprint density at radius 1 is 1.37 bits per heavy atom. The van der Waals surface area contributed by atoms with Crippen molar-refractivity contribution in [2.45, 2.75) is 58.7 Å². The zero-order valence-corrected chi connectivity index (χ0v) is 19.4. The fraction of sp³-hybridized carbons (Fsp3) is 0.550. The molecule has 3 rings (SSSR count). The second-order valence-electron chi connectivity index (χ2n) is 7.14. The van der Waals surface area contributed by atoms with E-state index in [-0.39, 0.29) is 27.3 Å². The Bertz CT molecular complexity index is 1030. The van der Waals surface area contributed by atoms with E-state index in [2.05, 4.69) is 11.9 Å². The highest BCUT2D eigenvalue weighted by Gasteiger charge is 2.19. The van der Waals surface area contributed by atoms with Crippen molar-refractivity contribution in [3.63, 3.8) is 0 Å². The molecule has 0 fully saturated rings. The first-order valence-electron chi connectivity index (χ1n) is 10.0. The van der Waals surface area contributed by atoms with Gasteiger partial charge >= 0.3 is 10.8 Å². The summed E-state index contributed by atoms with van der Waals surface area (Å²) in [5.41, 5.74) is 0.0201. The summed E-state index contributed by atoms with van der Waals surface area (Å²) in [6.45, 7) is 5.22. The van der Waals surface area contributed by atoms with E-state index in [1.807, 2.05) is 6.92 Å². The molecule has 1 unspecified atom stereocenters. The van der Waals surface area contributed by atoms with Crippen LogP contribution in [0.25, 0.3) is 0 Å². The number of hydrogen-bond donors (Lipinski definition) is 0. The quantitative estimate of drug-likeness (QED) is 0.415. The molecule has 6 nitrogen and oxygen atoms in total. The third-order valence-corrected chi connectivity index (χ3v) is 7.13. The van der Waals surface area contributed by atoms with Gasteiger partial charge in [-0.2, -0.15) is 11.8 Å². The summed E-state index contributed by atoms with van der Waals surface area (Å²) < 4.78 is 23.3. The highest BCUT2D eigenvalue weighted by Crippen LogP contribution is 2.27. The van der Waals surface area contributed by atoms with Gasteiger partial charge in [0.15, 0.2) is 0 Å². The van der Waals surface area contributed by atoms with E-state index in [9.17, 15) is 14.0 Å². The number of thioether (sulfide) groups is 1. The number of carbonyl (C=O) groups is 1. The van der Waals surface area contributed by atoms with Crippen LogP contribution >= 0.6 is 34.7 Å². The molecular formula is C20H25ClFN3O3S2. The van der Waals surface area contributed by atoms with Crippen LogP contribution in [0.3, 0.4) is 0 Å². The highest BCUT2D eigenvalue weighted by molar-refractivity contribution is 7.99. The number of hydrogen-bond acceptors (Lipinski definition) is 6. The highest BCUT2D eigenvalue weighted by atomic mass is 35.5. The number of carbonyl (C=O) groups excluding carboxylic acids is 1. The summed E-state index contributed by atoms with van der Waals surface area (Å²) in [7, 11) is 0. The molecule has 0 spiro atoms. The summed E-state index contributed by atoms with van der Waals surface area (Å²) >= 11 is 8.79. The van der Waals surface area contributed by atoms with Gasteiger partial charge in [-0.15, -0.1) is 0 Å². The minimum atomic E-state index is -0.657. The molecule has 1 aliphatic rings. The maximum Gasteiger partial charge on any atom is 0.340 e. The SMILES string of the molecule is CCCCSCC(C)OC(=O)c1cc(/N=c2/sc(=O)n3n2CCCC3)c(F)cc1Cl. The van der Waals surface area contributed by atoms with Gasteiger partial charge in [-0.25, -0.2) is 18.9 Å². The van der Waals surface area contributed by atoms with Crippen LogP contribution in [0.15, 0.2) is 21.9 Å². The molecule has 0 aliphatic carbocycles. The summed E-state index contributed by atoms with van der Waals surface area (Å²) in [4.78, 5) is 29.3. The van der Waals surface area contributed by atoms with Gasteiger partial charge in [0.1, 0.15) is 17.6 Å². The summed E-state index contributed by atoms with van der Waals surface area (Å²) in [6, 6.07) is 2.36. The van der Waals surface area contributed by atoms with Gasteiger partial charge < -0.3 is 4.74 Å². The van der Waals surface area contributed by atoms with Crippen LogP contribution in [0, 0.1) is 5.82 Å². The average molecular weight is 474 g/mol. The Kier molecular flexibility index (Phi) is 8.19. The number of nitrogens with zero attached hydrogens (tertiary/aromatic N) is 3. The van der Waals surface area contributed by atoms with E-state index in [1.54, 1.807) is 21.1 Å². The number of halogens is 2. The fourth-order valence-electron chi connectivity index (χ4n) is 3.08. The Morgan fingerprint density at radius 3 is 2.83 bits per heavy atom. The molecule has 1 atom stereocenters. The van der Waals surface area contributed by atoms with Crippen LogP contribution in [0.1, 0.15) is 49.9 Å². The molecule has 0 saturated heterocycles. The lowest BCUT2D eigenvalue weighted by Gasteiger charge is -2.16. The average Bonchev–Trinajstić information content (AvgIpc) is 3.03. The third kappa shape index (κ3) is 5.56. The molecule has 164 valence electrons. The molecular weight excluding hydrogens is 449 g/mol. The van der Waals surface area contributed by atoms with Crippen molar-refractivity contribution < 1.29 is 13.9 Å². The first-order valence-corrected chi connectivity index (χ1v) is 12.4. The van der Waals surface area contributed by atoms with Gasteiger partial charge in [0.25, 0.3) is 0 Å². The third-order valence-electron chi connectivity index (χ3n) is 4.67. The summed E-state index contributed by atoms with van der Waals surface area (Å²) in [5.74, 6) is 0.431. The standard InChI is InChI=1S/C20H25ClFN3O3S2/c1-3-4-9-29-12-13(2)28-18(26)14-10-17(16(22)11-15(14)21)23-19-24-7-5-6-8-25(24)20(27)30-19/h10-11,13H,3-9,12H2,1-2H3/b23-19+. The number of esters is 1. The van der Waals surface area contributed by atoms with Gasteiger partial charge in [-0.1, -0.05) is 24.9 Å². The number of benzene rings is 1. The molecule has 0 N–H and O–H groups in total. The predicted octanol–water partition coefficient (Wildman–Crippen LogP) is 4.61. The predicted molar refractivity (Wildman–Crippen MR) is 120 cm³/mol. The van der Waals surface area contributed by atoms with E-state index in [1.165, 1.54) is 6.07 Å². The van der Waals surface area contributed by atoms with E-state index in [0.717, 1.165) is 48.8 Å². The molecule has 1 aliphatic heterocycles. The van der Waals surface area contributed by atoms with Crippen molar-refractivity contribution in [3.8, 4) is 0 Å². The number of fused-ring (bicyclic) bond motifs is 1. The van der Waals surface area contributed by atoms with Crippen molar-refractivity contribution in [2.24, 2.45) is 4.99 Å². The van der Waals surface area contributed by atoms with Gasteiger partial charge in [0.05, 0.1) is 10.6 Å². The second kappa shape index (κ2) is 10.6. The lowest BCUT2D eigenvalue weighted by Crippen LogP contribution is -2.31. The Morgan fingerprint density at radius 2 is 2.10 bits per heavy atom. The second-order valence-corrected chi connectivity index (χ2v) is 9.62. The van der Waals surface area contributed by atoms with Crippen molar-refractivity contribution in [2.75, 3.05) is 11.5 Å². The van der Waals surface area contributed by atoms with Crippen LogP contribution < -0.4 is 9.67 Å². The van der Waals surface area contributed by atoms with Crippen molar-refractivity contribution >= 4 is 46.4 Å². The minimum absolute atomic E-state index is 0.0259. The van der Waals surface area contributed by atoms with E-state index in [0.29, 0.717) is 23.6 Å². The van der Waals surface area contributed by atoms with Gasteiger partial charge in [0.2, 0.25) is 4.80 Å². The number of rotatable bonds is 8. The molecule has 1 aromatic carbocycles. The zero-order chi connectivity index (χ0) is 21.7. The zero-order valence-electron chi connectivity index (χ0n) is 17.0. The van der Waals surface area contributed by atoms with Crippen molar-refractivity contribution in [1.82, 2.24) is 9.36 Å². The molecule has 30 heavy (non-hydrogen) atoms. The first-order chi connectivity index (χ1) is 14.4. The maximum absolute atomic E-state index is 14.5. The van der Waals surface area contributed by atoms with Crippen LogP contribution in [-0.2, 0) is 17.8 Å². The summed E-state index contributed by atoms with van der Waals surface area (Å²) in [5, 5.41) is -0.0259. The van der Waals surface area contributed by atoms with Crippen LogP contribution in [0.4, 0.5) is 10.1 Å². The van der Waals surface area contributed by atoms with Crippen LogP contribution in [-0.4, -0.2) is 32.9 Å². The van der Waals surface area contributed by atoms with E-state index >= 15 is 0 Å². The Hall–Kier alpha value is -1.58. The van der Waals surface area contributed by atoms with Crippen LogP contribution in [0.2, 0.25) is 5.02 Å². The van der Waals surface area contributed by atoms with Gasteiger partial charge in [-0.3, -0.25) is 9.48 Å². The Balaban J connectivity index is 1.83. The number of unbranched alkanes of at least 4 members (excludes halogenated alkanes) is 1. The largest absolute Gasteiger partial charge is 0.458 e. The number of aromatic nitrogens is 2. The fourth-order valence-corrected chi connectivity index (χ4v) is 5.25. The molecule has 2 aromatic rings. The van der Waals surface area contributed by atoms with Crippen molar-refractivity contribution in [3.05, 3.63) is 43.0 Å². The molecule has 2 heterocycles. The molecule has 0 amide bonds. The lowest BCUT2D eigenvalue weighted by atomic mass is 10.2. The van der Waals surface area contributed by atoms with E-state index in [4.69, 9.17) is 16.3 Å². The Labute approximate surface area is 187 Å².